The van der Waals surface area contributed by atoms with Crippen molar-refractivity contribution >= 4 is 11.6 Å². The quantitative estimate of drug-likeness (QED) is 0.918. The first-order valence-electron chi connectivity index (χ1n) is 6.04. The highest BCUT2D eigenvalue weighted by atomic mass is 19.4. The Morgan fingerprint density at radius 2 is 1.62 bits per heavy atom. The number of carbonyl (C=O) groups excluding carboxylic acids is 1. The third-order valence-electron chi connectivity index (χ3n) is 3.00. The van der Waals surface area contributed by atoms with Gasteiger partial charge in [-0.1, -0.05) is 12.1 Å². The van der Waals surface area contributed by atoms with Gasteiger partial charge in [-0.15, -0.1) is 0 Å². The lowest BCUT2D eigenvalue weighted by atomic mass is 10.1. The van der Waals surface area contributed by atoms with Crippen molar-refractivity contribution < 1.29 is 23.1 Å². The molecule has 0 aliphatic rings. The van der Waals surface area contributed by atoms with Gasteiger partial charge in [0, 0.05) is 12.7 Å². The molecule has 0 saturated carbocycles. The Hall–Kier alpha value is -2.50. The summed E-state index contributed by atoms with van der Waals surface area (Å²) < 4.78 is 38.8. The number of nitrogens with zero attached hydrogens (tertiary/aromatic N) is 1. The summed E-state index contributed by atoms with van der Waals surface area (Å²) in [5.74, 6) is -0.760. The first-order valence-corrected chi connectivity index (χ1v) is 6.04. The third kappa shape index (κ3) is 3.16. The Balaban J connectivity index is 2.38. The minimum Gasteiger partial charge on any atom is -0.508 e. The van der Waals surface area contributed by atoms with Crippen LogP contribution < -0.4 is 4.90 Å². The molecule has 110 valence electrons. The molecular weight excluding hydrogens is 283 g/mol. The predicted octanol–water partition coefficient (Wildman–Crippen LogP) is 3.69. The van der Waals surface area contributed by atoms with E-state index in [1.807, 2.05) is 0 Å². The average molecular weight is 295 g/mol. The molecule has 2 rings (SSSR count). The molecule has 1 amide bonds. The van der Waals surface area contributed by atoms with Crippen molar-refractivity contribution in [1.82, 2.24) is 0 Å². The van der Waals surface area contributed by atoms with Crippen LogP contribution in [0.25, 0.3) is 0 Å². The second kappa shape index (κ2) is 5.47. The summed E-state index contributed by atoms with van der Waals surface area (Å²) in [7, 11) is 1.38. The van der Waals surface area contributed by atoms with E-state index in [0.717, 1.165) is 17.0 Å². The molecule has 0 bridgehead atoms. The molecule has 0 heterocycles. The summed E-state index contributed by atoms with van der Waals surface area (Å²) >= 11 is 0. The van der Waals surface area contributed by atoms with Crippen molar-refractivity contribution in [2.24, 2.45) is 0 Å². The van der Waals surface area contributed by atoms with Crippen LogP contribution >= 0.6 is 0 Å². The van der Waals surface area contributed by atoms with Gasteiger partial charge in [-0.2, -0.15) is 13.2 Å². The first-order chi connectivity index (χ1) is 9.80. The number of amides is 1. The number of phenols is 1. The summed E-state index contributed by atoms with van der Waals surface area (Å²) in [6, 6.07) is 10.2. The molecule has 6 heteroatoms. The van der Waals surface area contributed by atoms with E-state index in [2.05, 4.69) is 0 Å². The van der Waals surface area contributed by atoms with Crippen molar-refractivity contribution in [2.75, 3.05) is 11.9 Å². The summed E-state index contributed by atoms with van der Waals surface area (Å²) in [5.41, 5.74) is -1.00. The lowest BCUT2D eigenvalue weighted by Gasteiger charge is -2.20. The zero-order chi connectivity index (χ0) is 15.6. The van der Waals surface area contributed by atoms with Gasteiger partial charge in [0.05, 0.1) is 11.1 Å². The van der Waals surface area contributed by atoms with Crippen LogP contribution in [0.4, 0.5) is 18.9 Å². The molecule has 0 spiro atoms. The molecule has 2 aromatic rings. The highest BCUT2D eigenvalue weighted by molar-refractivity contribution is 6.06. The number of halogens is 3. The van der Waals surface area contributed by atoms with Crippen LogP contribution in [0.3, 0.4) is 0 Å². The molecule has 0 atom stereocenters. The minimum absolute atomic E-state index is 0.00953. The second-order valence-electron chi connectivity index (χ2n) is 4.42. The monoisotopic (exact) mass is 295 g/mol. The SMILES string of the molecule is CN(C(=O)c1ccccc1C(F)(F)F)c1ccc(O)cc1. The van der Waals surface area contributed by atoms with Gasteiger partial charge in [0.25, 0.3) is 5.91 Å². The number of hydrogen-bond donors (Lipinski definition) is 1. The molecule has 21 heavy (non-hydrogen) atoms. The maximum atomic E-state index is 12.9. The van der Waals surface area contributed by atoms with E-state index in [-0.39, 0.29) is 5.75 Å². The van der Waals surface area contributed by atoms with Crippen LogP contribution in [0.5, 0.6) is 5.75 Å². The third-order valence-corrected chi connectivity index (χ3v) is 3.00. The van der Waals surface area contributed by atoms with Gasteiger partial charge in [0.1, 0.15) is 5.75 Å². The molecule has 0 radical (unpaired) electrons. The maximum Gasteiger partial charge on any atom is 0.417 e. The number of carbonyl (C=O) groups is 1. The molecule has 0 aliphatic carbocycles. The fourth-order valence-corrected chi connectivity index (χ4v) is 1.89. The number of benzene rings is 2. The van der Waals surface area contributed by atoms with Crippen molar-refractivity contribution in [3.05, 3.63) is 59.7 Å². The molecule has 1 N–H and O–H groups in total. The zero-order valence-electron chi connectivity index (χ0n) is 11.1. The van der Waals surface area contributed by atoms with Crippen LogP contribution in [0, 0.1) is 0 Å². The smallest absolute Gasteiger partial charge is 0.417 e. The van der Waals surface area contributed by atoms with Gasteiger partial charge in [-0.05, 0) is 36.4 Å². The van der Waals surface area contributed by atoms with Gasteiger partial charge in [0.15, 0.2) is 0 Å². The highest BCUT2D eigenvalue weighted by Gasteiger charge is 2.35. The van der Waals surface area contributed by atoms with E-state index in [4.69, 9.17) is 0 Å². The Morgan fingerprint density at radius 1 is 1.05 bits per heavy atom. The normalized spacial score (nSPS) is 11.2. The number of phenolic OH excluding ortho intramolecular Hbond substituents is 1. The summed E-state index contributed by atoms with van der Waals surface area (Å²) in [4.78, 5) is 13.4. The number of alkyl halides is 3. The molecule has 0 fully saturated rings. The van der Waals surface area contributed by atoms with Crippen LogP contribution in [-0.2, 0) is 6.18 Å². The first kappa shape index (κ1) is 14.9. The van der Waals surface area contributed by atoms with E-state index in [1.165, 1.54) is 43.4 Å². The van der Waals surface area contributed by atoms with Crippen LogP contribution in [0.15, 0.2) is 48.5 Å². The maximum absolute atomic E-state index is 12.9. The van der Waals surface area contributed by atoms with E-state index < -0.39 is 23.2 Å². The number of aromatic hydroxyl groups is 1. The Bertz CT molecular complexity index is 651. The van der Waals surface area contributed by atoms with Crippen molar-refractivity contribution in [3.63, 3.8) is 0 Å². The summed E-state index contributed by atoms with van der Waals surface area (Å²) in [6.07, 6.45) is -4.60. The molecular formula is C15H12F3NO2. The molecule has 0 unspecified atom stereocenters. The van der Waals surface area contributed by atoms with E-state index >= 15 is 0 Å². The van der Waals surface area contributed by atoms with Crippen LogP contribution in [0.1, 0.15) is 15.9 Å². The van der Waals surface area contributed by atoms with E-state index in [0.29, 0.717) is 5.69 Å². The van der Waals surface area contributed by atoms with E-state index in [1.54, 1.807) is 0 Å². The zero-order valence-corrected chi connectivity index (χ0v) is 11.1. The van der Waals surface area contributed by atoms with Crippen molar-refractivity contribution in [2.45, 2.75) is 6.18 Å². The van der Waals surface area contributed by atoms with Crippen molar-refractivity contribution in [1.29, 1.82) is 0 Å². The van der Waals surface area contributed by atoms with Crippen LogP contribution in [0.2, 0.25) is 0 Å². The number of rotatable bonds is 2. The number of anilines is 1. The largest absolute Gasteiger partial charge is 0.508 e. The minimum atomic E-state index is -4.60. The topological polar surface area (TPSA) is 40.5 Å². The van der Waals surface area contributed by atoms with E-state index in [9.17, 15) is 23.1 Å². The van der Waals surface area contributed by atoms with Gasteiger partial charge in [-0.3, -0.25) is 4.79 Å². The van der Waals surface area contributed by atoms with Gasteiger partial charge in [0.2, 0.25) is 0 Å². The molecule has 3 nitrogen and oxygen atoms in total. The Labute approximate surface area is 119 Å². The molecule has 0 aliphatic heterocycles. The van der Waals surface area contributed by atoms with Gasteiger partial charge >= 0.3 is 6.18 Å². The molecule has 0 saturated heterocycles. The average Bonchev–Trinajstić information content (AvgIpc) is 2.45. The molecule has 2 aromatic carbocycles. The predicted molar refractivity (Wildman–Crippen MR) is 72.3 cm³/mol. The fraction of sp³-hybridized carbons (Fsp3) is 0.133. The lowest BCUT2D eigenvalue weighted by Crippen LogP contribution is -2.28. The fourth-order valence-electron chi connectivity index (χ4n) is 1.89. The van der Waals surface area contributed by atoms with Gasteiger partial charge < -0.3 is 10.0 Å². The highest BCUT2D eigenvalue weighted by Crippen LogP contribution is 2.32. The second-order valence-corrected chi connectivity index (χ2v) is 4.42. The summed E-state index contributed by atoms with van der Waals surface area (Å²) in [5, 5.41) is 9.19. The standard InChI is InChI=1S/C15H12F3NO2/c1-19(10-6-8-11(20)9-7-10)14(21)12-4-2-3-5-13(12)15(16,17)18/h2-9,20H,1H3. The lowest BCUT2D eigenvalue weighted by molar-refractivity contribution is -0.137. The van der Waals surface area contributed by atoms with Gasteiger partial charge in [-0.25, -0.2) is 0 Å². The van der Waals surface area contributed by atoms with Crippen LogP contribution in [-0.4, -0.2) is 18.1 Å². The summed E-state index contributed by atoms with van der Waals surface area (Å²) in [6.45, 7) is 0. The Morgan fingerprint density at radius 3 is 2.19 bits per heavy atom. The Kier molecular flexibility index (Phi) is 3.88. The number of hydrogen-bond acceptors (Lipinski definition) is 2. The van der Waals surface area contributed by atoms with Crippen molar-refractivity contribution in [3.8, 4) is 5.75 Å². The molecule has 0 aromatic heterocycles.